The second-order valence-electron chi connectivity index (χ2n) is 6.09. The minimum Gasteiger partial charge on any atom is -0.496 e. The number of ether oxygens (including phenoxy) is 1. The Hall–Kier alpha value is -1.98. The molecule has 0 bridgehead atoms. The van der Waals surface area contributed by atoms with Gasteiger partial charge in [-0.2, -0.15) is 18.3 Å². The van der Waals surface area contributed by atoms with Gasteiger partial charge in [0.05, 0.1) is 7.11 Å². The van der Waals surface area contributed by atoms with E-state index < -0.39 is 11.9 Å². The molecule has 1 aromatic heterocycles. The van der Waals surface area contributed by atoms with Crippen molar-refractivity contribution in [1.29, 1.82) is 0 Å². The van der Waals surface area contributed by atoms with Crippen molar-refractivity contribution in [1.82, 2.24) is 20.4 Å². The van der Waals surface area contributed by atoms with Gasteiger partial charge in [-0.3, -0.25) is 9.67 Å². The van der Waals surface area contributed by atoms with Crippen LogP contribution in [-0.4, -0.2) is 36.4 Å². The number of alkyl halides is 3. The maximum atomic E-state index is 13.0. The zero-order valence-electron chi connectivity index (χ0n) is 16.2. The van der Waals surface area contributed by atoms with Crippen molar-refractivity contribution < 1.29 is 17.9 Å². The molecular formula is C18H25F3IN5O. The molecule has 1 heterocycles. The number of rotatable bonds is 6. The molecule has 0 aliphatic carbocycles. The highest BCUT2D eigenvalue weighted by Gasteiger charge is 2.36. The highest BCUT2D eigenvalue weighted by Crippen LogP contribution is 2.30. The van der Waals surface area contributed by atoms with Gasteiger partial charge in [0.15, 0.2) is 11.7 Å². The Morgan fingerprint density at radius 3 is 2.57 bits per heavy atom. The number of nitrogens with zero attached hydrogens (tertiary/aromatic N) is 3. The van der Waals surface area contributed by atoms with E-state index in [1.807, 2.05) is 25.1 Å². The molecule has 1 aromatic carbocycles. The molecule has 6 nitrogen and oxygen atoms in total. The molecule has 0 atom stereocenters. The highest BCUT2D eigenvalue weighted by atomic mass is 127. The summed E-state index contributed by atoms with van der Waals surface area (Å²) in [6.45, 7) is 2.53. The first-order chi connectivity index (χ1) is 12.7. The van der Waals surface area contributed by atoms with E-state index in [-0.39, 0.29) is 36.1 Å². The van der Waals surface area contributed by atoms with Crippen LogP contribution in [0.15, 0.2) is 29.4 Å². The summed E-state index contributed by atoms with van der Waals surface area (Å²) in [5, 5.41) is 9.48. The number of halogens is 4. The molecule has 156 valence electrons. The van der Waals surface area contributed by atoms with Crippen molar-refractivity contribution in [3.63, 3.8) is 0 Å². The SMILES string of the molecule is CN=C(NCCc1cc(C)ccc1OC)NCc1cn(C)nc1C(F)(F)F.I. The first kappa shape index (κ1) is 24.1. The molecule has 28 heavy (non-hydrogen) atoms. The van der Waals surface area contributed by atoms with Crippen LogP contribution >= 0.6 is 24.0 Å². The fourth-order valence-corrected chi connectivity index (χ4v) is 2.72. The fourth-order valence-electron chi connectivity index (χ4n) is 2.72. The third-order valence-electron chi connectivity index (χ3n) is 3.97. The van der Waals surface area contributed by atoms with Crippen molar-refractivity contribution in [2.24, 2.45) is 12.0 Å². The van der Waals surface area contributed by atoms with E-state index in [9.17, 15) is 13.2 Å². The Labute approximate surface area is 179 Å². The minimum absolute atomic E-state index is 0. The molecule has 0 saturated carbocycles. The Bertz CT molecular complexity index is 805. The third kappa shape index (κ3) is 6.57. The minimum atomic E-state index is -4.49. The molecule has 0 amide bonds. The predicted octanol–water partition coefficient (Wildman–Crippen LogP) is 3.28. The second-order valence-corrected chi connectivity index (χ2v) is 6.09. The van der Waals surface area contributed by atoms with Crippen LogP contribution < -0.4 is 15.4 Å². The average Bonchev–Trinajstić information content (AvgIpc) is 2.99. The van der Waals surface area contributed by atoms with E-state index in [1.54, 1.807) is 14.2 Å². The maximum absolute atomic E-state index is 13.0. The van der Waals surface area contributed by atoms with E-state index in [4.69, 9.17) is 4.74 Å². The zero-order valence-corrected chi connectivity index (χ0v) is 18.6. The van der Waals surface area contributed by atoms with Crippen molar-refractivity contribution in [3.8, 4) is 5.75 Å². The van der Waals surface area contributed by atoms with Crippen molar-refractivity contribution in [2.45, 2.75) is 26.1 Å². The van der Waals surface area contributed by atoms with Gasteiger partial charge in [-0.25, -0.2) is 0 Å². The fraction of sp³-hybridized carbons (Fsp3) is 0.444. The van der Waals surface area contributed by atoms with Crippen molar-refractivity contribution in [2.75, 3.05) is 20.7 Å². The molecule has 0 aliphatic heterocycles. The molecule has 0 unspecified atom stereocenters. The van der Waals surface area contributed by atoms with Crippen LogP contribution in [0, 0.1) is 6.92 Å². The summed E-state index contributed by atoms with van der Waals surface area (Å²) in [6.07, 6.45) is -2.45. The molecule has 0 radical (unpaired) electrons. The lowest BCUT2D eigenvalue weighted by Crippen LogP contribution is -2.38. The number of aryl methyl sites for hydroxylation is 2. The van der Waals surface area contributed by atoms with Crippen LogP contribution in [0.4, 0.5) is 13.2 Å². The lowest BCUT2D eigenvalue weighted by atomic mass is 10.1. The monoisotopic (exact) mass is 511 g/mol. The Morgan fingerprint density at radius 1 is 1.25 bits per heavy atom. The zero-order chi connectivity index (χ0) is 20.0. The summed E-state index contributed by atoms with van der Waals surface area (Å²) < 4.78 is 45.5. The van der Waals surface area contributed by atoms with Crippen LogP contribution in [-0.2, 0) is 26.2 Å². The Balaban J connectivity index is 0.00000392. The largest absolute Gasteiger partial charge is 0.496 e. The number of aliphatic imine (C=N–C) groups is 1. The predicted molar refractivity (Wildman–Crippen MR) is 113 cm³/mol. The van der Waals surface area contributed by atoms with E-state index >= 15 is 0 Å². The molecule has 10 heteroatoms. The van der Waals surface area contributed by atoms with Gasteiger partial charge < -0.3 is 15.4 Å². The standard InChI is InChI=1S/C18H24F3N5O.HI/c1-12-5-6-15(27-4)13(9-12)7-8-23-17(22-2)24-10-14-11-26(3)25-16(14)18(19,20)21;/h5-6,9,11H,7-8,10H2,1-4H3,(H2,22,23,24);1H. The van der Waals surface area contributed by atoms with Crippen molar-refractivity contribution >= 4 is 29.9 Å². The third-order valence-corrected chi connectivity index (χ3v) is 3.97. The number of aromatic nitrogens is 2. The van der Waals surface area contributed by atoms with Crippen LogP contribution in [0.1, 0.15) is 22.4 Å². The van der Waals surface area contributed by atoms with Gasteiger partial charge in [0.25, 0.3) is 0 Å². The molecule has 2 aromatic rings. The number of hydrogen-bond acceptors (Lipinski definition) is 3. The molecule has 0 saturated heterocycles. The van der Waals surface area contributed by atoms with Gasteiger partial charge in [0, 0.05) is 38.9 Å². The van der Waals surface area contributed by atoms with Crippen LogP contribution in [0.5, 0.6) is 5.75 Å². The Morgan fingerprint density at radius 2 is 1.96 bits per heavy atom. The second kappa shape index (κ2) is 10.5. The van der Waals surface area contributed by atoms with E-state index in [0.717, 1.165) is 21.6 Å². The summed E-state index contributed by atoms with van der Waals surface area (Å²) in [7, 11) is 4.64. The first-order valence-electron chi connectivity index (χ1n) is 8.42. The number of benzene rings is 1. The maximum Gasteiger partial charge on any atom is 0.435 e. The number of hydrogen-bond donors (Lipinski definition) is 2. The van der Waals surface area contributed by atoms with Crippen LogP contribution in [0.3, 0.4) is 0 Å². The number of nitrogens with one attached hydrogen (secondary N) is 2. The normalized spacial score (nSPS) is 11.8. The molecule has 0 fully saturated rings. The molecule has 0 spiro atoms. The molecule has 2 rings (SSSR count). The van der Waals surface area contributed by atoms with Crippen molar-refractivity contribution in [3.05, 3.63) is 46.8 Å². The van der Waals surface area contributed by atoms with E-state index in [2.05, 4.69) is 20.7 Å². The van der Waals surface area contributed by atoms with Gasteiger partial charge in [0.1, 0.15) is 5.75 Å². The van der Waals surface area contributed by atoms with Gasteiger partial charge in [-0.15, -0.1) is 24.0 Å². The lowest BCUT2D eigenvalue weighted by molar-refractivity contribution is -0.142. The quantitative estimate of drug-likeness (QED) is 0.355. The smallest absolute Gasteiger partial charge is 0.435 e. The summed E-state index contributed by atoms with van der Waals surface area (Å²) >= 11 is 0. The van der Waals surface area contributed by atoms with Gasteiger partial charge in [0.2, 0.25) is 0 Å². The van der Waals surface area contributed by atoms with Crippen LogP contribution in [0.25, 0.3) is 0 Å². The van der Waals surface area contributed by atoms with Gasteiger partial charge in [-0.1, -0.05) is 17.7 Å². The number of methoxy groups -OCH3 is 1. The number of guanidine groups is 1. The van der Waals surface area contributed by atoms with E-state index in [1.165, 1.54) is 13.2 Å². The van der Waals surface area contributed by atoms with Gasteiger partial charge >= 0.3 is 6.18 Å². The Kier molecular flexibility index (Phi) is 9.05. The molecule has 0 aliphatic rings. The first-order valence-corrected chi connectivity index (χ1v) is 8.42. The lowest BCUT2D eigenvalue weighted by Gasteiger charge is -2.14. The summed E-state index contributed by atoms with van der Waals surface area (Å²) in [4.78, 5) is 4.05. The molecular weight excluding hydrogens is 486 g/mol. The highest BCUT2D eigenvalue weighted by molar-refractivity contribution is 14.0. The van der Waals surface area contributed by atoms with Gasteiger partial charge in [-0.05, 0) is 25.0 Å². The summed E-state index contributed by atoms with van der Waals surface area (Å²) in [6, 6.07) is 5.93. The average molecular weight is 511 g/mol. The molecule has 2 N–H and O–H groups in total. The van der Waals surface area contributed by atoms with E-state index in [0.29, 0.717) is 18.9 Å². The summed E-state index contributed by atoms with van der Waals surface area (Å²) in [5.74, 6) is 1.22. The summed E-state index contributed by atoms with van der Waals surface area (Å²) in [5.41, 5.74) is 1.35. The topological polar surface area (TPSA) is 63.5 Å². The van der Waals surface area contributed by atoms with Crippen LogP contribution in [0.2, 0.25) is 0 Å².